The minimum atomic E-state index is -0.662. The number of carbonyl (C=O) groups is 2. The summed E-state index contributed by atoms with van der Waals surface area (Å²) in [6.45, 7) is 4.99. The molecule has 0 fully saturated rings. The van der Waals surface area contributed by atoms with Crippen LogP contribution in [0.5, 0.6) is 0 Å². The summed E-state index contributed by atoms with van der Waals surface area (Å²) < 4.78 is 5.49. The summed E-state index contributed by atoms with van der Waals surface area (Å²) in [6, 6.07) is -0.539. The minimum Gasteiger partial charge on any atom is -0.466 e. The molecule has 0 radical (unpaired) electrons. The lowest BCUT2D eigenvalue weighted by Crippen LogP contribution is -2.45. The highest BCUT2D eigenvalue weighted by atomic mass is 16.5. The number of rotatable bonds is 70. The van der Waals surface area contributed by atoms with E-state index in [9.17, 15) is 19.8 Å². The standard InChI is InChI=1S/C74H145NO5/c1-3-5-7-9-11-13-15-17-19-20-21-33-36-39-42-46-50-54-58-62-66-72(77)71(70-76)75-73(78)67-63-59-55-51-47-43-40-37-34-31-29-27-25-23-22-24-26-28-30-32-35-38-41-45-49-53-57-61-65-69-80-74(79)68-64-60-56-52-48-44-18-16-14-12-10-8-6-4-2/h16,18,71-72,76-77H,3-15,17,19-70H2,1-2H3,(H,75,78)/b18-16-. The zero-order chi connectivity index (χ0) is 57.8. The fourth-order valence-corrected chi connectivity index (χ4v) is 11.9. The summed E-state index contributed by atoms with van der Waals surface area (Å²) in [5.41, 5.74) is 0. The second-order valence-electron chi connectivity index (χ2n) is 25.6. The van der Waals surface area contributed by atoms with Gasteiger partial charge in [0.1, 0.15) is 0 Å². The monoisotopic (exact) mass is 1130 g/mol. The van der Waals surface area contributed by atoms with Gasteiger partial charge in [0.15, 0.2) is 0 Å². The number of carbonyl (C=O) groups excluding carboxylic acids is 2. The first-order valence-electron chi connectivity index (χ1n) is 36.9. The highest BCUT2D eigenvalue weighted by molar-refractivity contribution is 5.76. The fourth-order valence-electron chi connectivity index (χ4n) is 11.9. The van der Waals surface area contributed by atoms with E-state index in [1.165, 1.54) is 347 Å². The maximum atomic E-state index is 12.5. The maximum Gasteiger partial charge on any atom is 0.305 e. The molecular weight excluding hydrogens is 983 g/mol. The van der Waals surface area contributed by atoms with Gasteiger partial charge in [-0.3, -0.25) is 9.59 Å². The SMILES string of the molecule is CCCCCCC/C=C\CCCCCCCC(=O)OCCCCCCCCCCCCCCCCCCCCCCCCCCCCCCCC(=O)NC(CO)C(O)CCCCCCCCCCCCCCCCCCCCCC. The molecule has 1 amide bonds. The lowest BCUT2D eigenvalue weighted by atomic mass is 10.0. The zero-order valence-corrected chi connectivity index (χ0v) is 54.6. The van der Waals surface area contributed by atoms with Crippen molar-refractivity contribution in [2.45, 2.75) is 437 Å². The number of ether oxygens (including phenoxy) is 1. The molecule has 0 aliphatic rings. The van der Waals surface area contributed by atoms with Crippen LogP contribution in [0, 0.1) is 0 Å². The van der Waals surface area contributed by atoms with E-state index in [0.717, 1.165) is 44.9 Å². The largest absolute Gasteiger partial charge is 0.466 e. The van der Waals surface area contributed by atoms with Crippen molar-refractivity contribution in [3.8, 4) is 0 Å². The molecule has 0 bridgehead atoms. The van der Waals surface area contributed by atoms with Crippen molar-refractivity contribution < 1.29 is 24.5 Å². The Bertz CT molecular complexity index is 1210. The average molecular weight is 1130 g/mol. The Kier molecular flexibility index (Phi) is 68.9. The van der Waals surface area contributed by atoms with E-state index < -0.39 is 12.1 Å². The van der Waals surface area contributed by atoms with Crippen LogP contribution in [0.15, 0.2) is 12.2 Å². The molecule has 0 aromatic rings. The first-order valence-corrected chi connectivity index (χ1v) is 36.9. The van der Waals surface area contributed by atoms with Crippen molar-refractivity contribution >= 4 is 11.9 Å². The molecule has 80 heavy (non-hydrogen) atoms. The predicted molar refractivity (Wildman–Crippen MR) is 352 cm³/mol. The molecule has 0 spiro atoms. The molecule has 0 aliphatic heterocycles. The third-order valence-corrected chi connectivity index (χ3v) is 17.6. The van der Waals surface area contributed by atoms with E-state index in [-0.39, 0.29) is 18.5 Å². The van der Waals surface area contributed by atoms with Crippen LogP contribution >= 0.6 is 0 Å². The molecule has 0 saturated carbocycles. The molecule has 2 unspecified atom stereocenters. The summed E-state index contributed by atoms with van der Waals surface area (Å²) in [6.07, 6.45) is 87.0. The molecule has 476 valence electrons. The van der Waals surface area contributed by atoms with Crippen LogP contribution < -0.4 is 5.32 Å². The van der Waals surface area contributed by atoms with Crippen LogP contribution in [0.3, 0.4) is 0 Å². The van der Waals surface area contributed by atoms with E-state index in [2.05, 4.69) is 31.3 Å². The van der Waals surface area contributed by atoms with E-state index >= 15 is 0 Å². The molecule has 0 aromatic carbocycles. The summed E-state index contributed by atoms with van der Waals surface area (Å²) in [7, 11) is 0. The molecule has 0 saturated heterocycles. The van der Waals surface area contributed by atoms with Crippen LogP contribution in [0.2, 0.25) is 0 Å². The molecule has 0 heterocycles. The van der Waals surface area contributed by atoms with Crippen LogP contribution in [0.25, 0.3) is 0 Å². The Hall–Kier alpha value is -1.40. The van der Waals surface area contributed by atoms with Gasteiger partial charge in [-0.05, 0) is 51.4 Å². The van der Waals surface area contributed by atoms with Crippen LogP contribution in [-0.4, -0.2) is 47.4 Å². The van der Waals surface area contributed by atoms with Crippen molar-refractivity contribution in [1.82, 2.24) is 5.32 Å². The van der Waals surface area contributed by atoms with Crippen LogP contribution in [-0.2, 0) is 14.3 Å². The van der Waals surface area contributed by atoms with Crippen molar-refractivity contribution in [3.05, 3.63) is 12.2 Å². The van der Waals surface area contributed by atoms with E-state index in [0.29, 0.717) is 25.9 Å². The Morgan fingerprint density at radius 2 is 0.588 bits per heavy atom. The number of aliphatic hydroxyl groups is 2. The topological polar surface area (TPSA) is 95.9 Å². The Morgan fingerprint density at radius 1 is 0.338 bits per heavy atom. The summed E-state index contributed by atoms with van der Waals surface area (Å²) in [5, 5.41) is 23.4. The normalized spacial score (nSPS) is 12.5. The van der Waals surface area contributed by atoms with Crippen molar-refractivity contribution in [2.24, 2.45) is 0 Å². The van der Waals surface area contributed by atoms with Gasteiger partial charge < -0.3 is 20.3 Å². The lowest BCUT2D eigenvalue weighted by molar-refractivity contribution is -0.143. The first kappa shape index (κ1) is 78.6. The minimum absolute atomic E-state index is 0.0120. The smallest absolute Gasteiger partial charge is 0.305 e. The van der Waals surface area contributed by atoms with E-state index in [4.69, 9.17) is 4.74 Å². The molecule has 0 aliphatic carbocycles. The Labute approximate surface area is 501 Å². The molecule has 6 nitrogen and oxygen atoms in total. The molecule has 3 N–H and O–H groups in total. The van der Waals surface area contributed by atoms with Crippen molar-refractivity contribution in [2.75, 3.05) is 13.2 Å². The second kappa shape index (κ2) is 70.1. The summed E-state index contributed by atoms with van der Waals surface area (Å²) in [4.78, 5) is 24.6. The molecular formula is C74H145NO5. The maximum absolute atomic E-state index is 12.5. The summed E-state index contributed by atoms with van der Waals surface area (Å²) >= 11 is 0. The quantitative estimate of drug-likeness (QED) is 0.0320. The number of hydrogen-bond acceptors (Lipinski definition) is 5. The Balaban J connectivity index is 3.34. The zero-order valence-electron chi connectivity index (χ0n) is 54.6. The van der Waals surface area contributed by atoms with Crippen molar-refractivity contribution in [3.63, 3.8) is 0 Å². The number of allylic oxidation sites excluding steroid dienone is 2. The Morgan fingerprint density at radius 3 is 0.887 bits per heavy atom. The molecule has 0 aromatic heterocycles. The fraction of sp³-hybridized carbons (Fsp3) is 0.946. The van der Waals surface area contributed by atoms with Gasteiger partial charge in [-0.1, -0.05) is 373 Å². The highest BCUT2D eigenvalue weighted by Crippen LogP contribution is 2.20. The van der Waals surface area contributed by atoms with E-state index in [1.54, 1.807) is 0 Å². The molecule has 2 atom stereocenters. The second-order valence-corrected chi connectivity index (χ2v) is 25.6. The molecule has 0 rings (SSSR count). The average Bonchev–Trinajstić information content (AvgIpc) is 3.46. The third kappa shape index (κ3) is 65.7. The highest BCUT2D eigenvalue weighted by Gasteiger charge is 2.20. The predicted octanol–water partition coefficient (Wildman–Crippen LogP) is 23.9. The summed E-state index contributed by atoms with van der Waals surface area (Å²) in [5.74, 6) is -0.0144. The molecule has 6 heteroatoms. The van der Waals surface area contributed by atoms with E-state index in [1.807, 2.05) is 0 Å². The number of unbranched alkanes of at least 4 members (excludes halogenated alkanes) is 57. The third-order valence-electron chi connectivity index (χ3n) is 17.6. The van der Waals surface area contributed by atoms with Gasteiger partial charge in [0.25, 0.3) is 0 Å². The lowest BCUT2D eigenvalue weighted by Gasteiger charge is -2.22. The van der Waals surface area contributed by atoms with Gasteiger partial charge >= 0.3 is 5.97 Å². The van der Waals surface area contributed by atoms with Gasteiger partial charge in [0.05, 0.1) is 25.4 Å². The number of amides is 1. The first-order chi connectivity index (χ1) is 39.5. The van der Waals surface area contributed by atoms with Gasteiger partial charge in [-0.2, -0.15) is 0 Å². The number of nitrogens with one attached hydrogen (secondary N) is 1. The van der Waals surface area contributed by atoms with Gasteiger partial charge in [-0.15, -0.1) is 0 Å². The van der Waals surface area contributed by atoms with Crippen molar-refractivity contribution in [1.29, 1.82) is 0 Å². The number of aliphatic hydroxyl groups excluding tert-OH is 2. The number of esters is 1. The van der Waals surface area contributed by atoms with Gasteiger partial charge in [0.2, 0.25) is 5.91 Å². The van der Waals surface area contributed by atoms with Gasteiger partial charge in [0, 0.05) is 12.8 Å². The number of hydrogen-bond donors (Lipinski definition) is 3. The van der Waals surface area contributed by atoms with Crippen LogP contribution in [0.4, 0.5) is 0 Å². The van der Waals surface area contributed by atoms with Crippen LogP contribution in [0.1, 0.15) is 425 Å². The van der Waals surface area contributed by atoms with Gasteiger partial charge in [-0.25, -0.2) is 0 Å².